The van der Waals surface area contributed by atoms with Crippen LogP contribution in [-0.2, 0) is 26.2 Å². The van der Waals surface area contributed by atoms with Crippen LogP contribution in [0, 0.1) is 6.92 Å². The van der Waals surface area contributed by atoms with Crippen LogP contribution in [0.25, 0.3) is 0 Å². The fraction of sp³-hybridized carbons (Fsp3) is 0.333. The van der Waals surface area contributed by atoms with Gasteiger partial charge in [-0.15, -0.1) is 0 Å². The number of anilines is 1. The molecule has 1 N–H and O–H groups in total. The number of carbonyl (C=O) groups is 2. The summed E-state index contributed by atoms with van der Waals surface area (Å²) in [5.74, 6) is -0.558. The third-order valence-electron chi connectivity index (χ3n) is 6.07. The van der Waals surface area contributed by atoms with Gasteiger partial charge in [0.2, 0.25) is 11.8 Å². The summed E-state index contributed by atoms with van der Waals surface area (Å²) in [7, 11) is -2.73. The summed E-state index contributed by atoms with van der Waals surface area (Å²) in [6.07, 6.45) is 0. The van der Waals surface area contributed by atoms with Gasteiger partial charge in [-0.1, -0.05) is 54.6 Å². The van der Waals surface area contributed by atoms with Crippen LogP contribution in [0.2, 0.25) is 0 Å². The van der Waals surface area contributed by atoms with Crippen LogP contribution in [-0.4, -0.2) is 50.4 Å². The molecule has 3 aromatic carbocycles. The molecule has 0 unspecified atom stereocenters. The summed E-state index contributed by atoms with van der Waals surface area (Å²) in [4.78, 5) is 28.6. The quantitative estimate of drug-likeness (QED) is 0.399. The molecule has 208 valence electrons. The second kappa shape index (κ2) is 12.3. The van der Waals surface area contributed by atoms with E-state index in [-0.39, 0.29) is 23.0 Å². The van der Waals surface area contributed by atoms with Crippen LogP contribution in [0.3, 0.4) is 0 Å². The third-order valence-corrected chi connectivity index (χ3v) is 7.85. The van der Waals surface area contributed by atoms with Crippen molar-refractivity contribution in [2.45, 2.75) is 57.6 Å². The maximum Gasteiger partial charge on any atom is 0.264 e. The number of amides is 2. The van der Waals surface area contributed by atoms with Gasteiger partial charge in [-0.05, 0) is 70.0 Å². The zero-order valence-corrected chi connectivity index (χ0v) is 24.2. The van der Waals surface area contributed by atoms with E-state index in [9.17, 15) is 18.0 Å². The average Bonchev–Trinajstić information content (AvgIpc) is 2.89. The number of nitrogens with zero attached hydrogens (tertiary/aromatic N) is 2. The van der Waals surface area contributed by atoms with Gasteiger partial charge in [-0.2, -0.15) is 0 Å². The SMILES string of the molecule is COc1ccc(C)cc1N(CC(=O)N(Cc1ccccc1)[C@H](C)C(=O)NC(C)(C)C)S(=O)(=O)c1ccccc1. The number of carbonyl (C=O) groups excluding carboxylic acids is 2. The number of aryl methyl sites for hydroxylation is 1. The normalized spacial score (nSPS) is 12.4. The van der Waals surface area contributed by atoms with Crippen molar-refractivity contribution in [2.75, 3.05) is 18.0 Å². The molecular formula is C30H37N3O5S. The van der Waals surface area contributed by atoms with Gasteiger partial charge in [-0.3, -0.25) is 13.9 Å². The summed E-state index contributed by atoms with van der Waals surface area (Å²) in [6, 6.07) is 21.5. The van der Waals surface area contributed by atoms with E-state index in [0.29, 0.717) is 5.75 Å². The van der Waals surface area contributed by atoms with Crippen molar-refractivity contribution in [3.8, 4) is 5.75 Å². The Bertz CT molecular complexity index is 1390. The number of hydrogen-bond donors (Lipinski definition) is 1. The van der Waals surface area contributed by atoms with Crippen molar-refractivity contribution in [1.29, 1.82) is 0 Å². The van der Waals surface area contributed by atoms with E-state index in [0.717, 1.165) is 15.4 Å². The second-order valence-electron chi connectivity index (χ2n) is 10.4. The van der Waals surface area contributed by atoms with Crippen LogP contribution in [0.5, 0.6) is 5.75 Å². The lowest BCUT2D eigenvalue weighted by Gasteiger charge is -2.33. The monoisotopic (exact) mass is 551 g/mol. The van der Waals surface area contributed by atoms with E-state index in [1.165, 1.54) is 24.1 Å². The van der Waals surface area contributed by atoms with Crippen molar-refractivity contribution in [1.82, 2.24) is 10.2 Å². The molecule has 0 aliphatic carbocycles. The molecule has 3 rings (SSSR count). The van der Waals surface area contributed by atoms with Crippen LogP contribution < -0.4 is 14.4 Å². The molecular weight excluding hydrogens is 514 g/mol. The second-order valence-corrected chi connectivity index (χ2v) is 12.3. The Labute approximate surface area is 231 Å². The van der Waals surface area contributed by atoms with Crippen molar-refractivity contribution in [3.63, 3.8) is 0 Å². The molecule has 3 aromatic rings. The van der Waals surface area contributed by atoms with Crippen LogP contribution in [0.1, 0.15) is 38.8 Å². The standard InChI is InChI=1S/C30H37N3O5S/c1-22-17-18-27(38-6)26(19-22)33(39(36,37)25-15-11-8-12-16-25)21-28(34)32(20-24-13-9-7-10-14-24)23(2)29(35)31-30(3,4)5/h7-19,23H,20-21H2,1-6H3,(H,31,35)/t23-/m1/s1. The zero-order valence-electron chi connectivity index (χ0n) is 23.3. The fourth-order valence-electron chi connectivity index (χ4n) is 4.06. The Hall–Kier alpha value is -3.85. The number of sulfonamides is 1. The predicted molar refractivity (Wildman–Crippen MR) is 153 cm³/mol. The first kappa shape index (κ1) is 29.7. The van der Waals surface area contributed by atoms with E-state index in [4.69, 9.17) is 4.74 Å². The summed E-state index contributed by atoms with van der Waals surface area (Å²) < 4.78 is 34.4. The molecule has 0 saturated carbocycles. The van der Waals surface area contributed by atoms with Gasteiger partial charge in [0.1, 0.15) is 18.3 Å². The van der Waals surface area contributed by atoms with Gasteiger partial charge >= 0.3 is 0 Å². The number of methoxy groups -OCH3 is 1. The van der Waals surface area contributed by atoms with Gasteiger partial charge in [0.15, 0.2) is 0 Å². The van der Waals surface area contributed by atoms with E-state index in [1.54, 1.807) is 43.3 Å². The lowest BCUT2D eigenvalue weighted by molar-refractivity contribution is -0.140. The lowest BCUT2D eigenvalue weighted by atomic mass is 10.1. The molecule has 9 heteroatoms. The number of rotatable bonds is 10. The molecule has 1 atom stereocenters. The van der Waals surface area contributed by atoms with E-state index in [1.807, 2.05) is 58.0 Å². The van der Waals surface area contributed by atoms with Crippen molar-refractivity contribution in [3.05, 3.63) is 90.0 Å². The molecule has 0 bridgehead atoms. The highest BCUT2D eigenvalue weighted by Gasteiger charge is 2.34. The van der Waals surface area contributed by atoms with Gasteiger partial charge in [0, 0.05) is 12.1 Å². The molecule has 0 heterocycles. The molecule has 0 aliphatic heterocycles. The highest BCUT2D eigenvalue weighted by atomic mass is 32.2. The van der Waals surface area contributed by atoms with Crippen molar-refractivity contribution >= 4 is 27.5 Å². The molecule has 2 amide bonds. The van der Waals surface area contributed by atoms with Crippen molar-refractivity contribution in [2.24, 2.45) is 0 Å². The first-order chi connectivity index (χ1) is 18.3. The van der Waals surface area contributed by atoms with Gasteiger partial charge in [-0.25, -0.2) is 8.42 Å². The summed E-state index contributed by atoms with van der Waals surface area (Å²) in [5.41, 5.74) is 1.34. The van der Waals surface area contributed by atoms with Gasteiger partial charge in [0.05, 0.1) is 17.7 Å². The molecule has 0 fully saturated rings. The van der Waals surface area contributed by atoms with Crippen LogP contribution in [0.4, 0.5) is 5.69 Å². The van der Waals surface area contributed by atoms with Gasteiger partial charge in [0.25, 0.3) is 10.0 Å². The highest BCUT2D eigenvalue weighted by molar-refractivity contribution is 7.92. The van der Waals surface area contributed by atoms with E-state index < -0.39 is 34.1 Å². The molecule has 8 nitrogen and oxygen atoms in total. The van der Waals surface area contributed by atoms with E-state index >= 15 is 0 Å². The summed E-state index contributed by atoms with van der Waals surface area (Å²) >= 11 is 0. The molecule has 0 spiro atoms. The Morgan fingerprint density at radius 2 is 1.54 bits per heavy atom. The summed E-state index contributed by atoms with van der Waals surface area (Å²) in [6.45, 7) is 8.65. The molecule has 0 radical (unpaired) electrons. The number of nitrogens with one attached hydrogen (secondary N) is 1. The zero-order chi connectivity index (χ0) is 28.8. The van der Waals surface area contributed by atoms with Crippen LogP contribution >= 0.6 is 0 Å². The predicted octanol–water partition coefficient (Wildman–Crippen LogP) is 4.53. The largest absolute Gasteiger partial charge is 0.495 e. The molecule has 0 aromatic heterocycles. The third kappa shape index (κ3) is 7.60. The average molecular weight is 552 g/mol. The maximum absolute atomic E-state index is 14.0. The fourth-order valence-corrected chi connectivity index (χ4v) is 5.50. The smallest absolute Gasteiger partial charge is 0.264 e. The minimum Gasteiger partial charge on any atom is -0.495 e. The Balaban J connectivity index is 2.08. The Morgan fingerprint density at radius 3 is 2.10 bits per heavy atom. The first-order valence-electron chi connectivity index (χ1n) is 12.7. The van der Waals surface area contributed by atoms with Gasteiger partial charge < -0.3 is 15.0 Å². The molecule has 0 aliphatic rings. The van der Waals surface area contributed by atoms with Crippen LogP contribution in [0.15, 0.2) is 83.8 Å². The van der Waals surface area contributed by atoms with Crippen molar-refractivity contribution < 1.29 is 22.7 Å². The number of hydrogen-bond acceptors (Lipinski definition) is 5. The molecule has 0 saturated heterocycles. The minimum absolute atomic E-state index is 0.0366. The number of ether oxygens (including phenoxy) is 1. The Kier molecular flexibility index (Phi) is 9.40. The highest BCUT2D eigenvalue weighted by Crippen LogP contribution is 2.33. The Morgan fingerprint density at radius 1 is 0.949 bits per heavy atom. The number of benzene rings is 3. The lowest BCUT2D eigenvalue weighted by Crippen LogP contribution is -2.54. The first-order valence-corrected chi connectivity index (χ1v) is 14.2. The minimum atomic E-state index is -4.17. The topological polar surface area (TPSA) is 96.0 Å². The maximum atomic E-state index is 14.0. The summed E-state index contributed by atoms with van der Waals surface area (Å²) in [5, 5.41) is 2.92. The molecule has 39 heavy (non-hydrogen) atoms. The van der Waals surface area contributed by atoms with E-state index in [2.05, 4.69) is 5.32 Å².